The number of piperidine rings is 1. The minimum absolute atomic E-state index is 0.0197. The number of fused-ring (bicyclic) bond motifs is 3. The second-order valence-corrected chi connectivity index (χ2v) is 20.4. The highest BCUT2D eigenvalue weighted by Gasteiger charge is 2.53. The summed E-state index contributed by atoms with van der Waals surface area (Å²) >= 11 is 0. The van der Waals surface area contributed by atoms with Gasteiger partial charge in [-0.05, 0) is 117 Å². The van der Waals surface area contributed by atoms with E-state index in [0.717, 1.165) is 18.4 Å². The molecule has 0 radical (unpaired) electrons. The summed E-state index contributed by atoms with van der Waals surface area (Å²) in [7, 11) is 4.63. The van der Waals surface area contributed by atoms with Crippen LogP contribution in [0.4, 0.5) is 0 Å². The second-order valence-electron chi connectivity index (χ2n) is 20.4. The van der Waals surface area contributed by atoms with Gasteiger partial charge in [0.05, 0.1) is 30.5 Å². The zero-order chi connectivity index (χ0) is 50.6. The number of carbonyl (C=O) groups is 5. The monoisotopic (exact) mass is 966 g/mol. The van der Waals surface area contributed by atoms with Crippen molar-refractivity contribution >= 4 is 29.2 Å². The van der Waals surface area contributed by atoms with Crippen LogP contribution in [-0.2, 0) is 47.7 Å². The number of Topliss-reactive ketones (excluding diaryl/α,β-unsaturated/α-hetero) is 3. The SMILES string of the molecule is COC1C(=O)C(C)C[C@H](C)C=CC=CC=C(C)[C@@H](OC)C[C@@H]2CC[C@@H](C)[C@@](O)(O2)C(=O)C(=O)N2CCCCC2C(=O)O[C@H]([C@H](C)C[C@@H]2CCC(n3cnnn3)[C@H](OC)C2)CC(=O)C(C)=CC(C)[C@H]1O. The van der Waals surface area contributed by atoms with Crippen molar-refractivity contribution in [2.45, 2.75) is 180 Å². The number of amides is 1. The Morgan fingerprint density at radius 1 is 0.899 bits per heavy atom. The van der Waals surface area contributed by atoms with Crippen molar-refractivity contribution in [1.29, 1.82) is 0 Å². The lowest BCUT2D eigenvalue weighted by molar-refractivity contribution is -0.265. The lowest BCUT2D eigenvalue weighted by Crippen LogP contribution is -2.61. The van der Waals surface area contributed by atoms with Crippen LogP contribution in [0.25, 0.3) is 0 Å². The van der Waals surface area contributed by atoms with E-state index in [9.17, 15) is 34.2 Å². The number of esters is 1. The molecule has 1 amide bonds. The molecular formula is C52H79N5O12. The van der Waals surface area contributed by atoms with E-state index in [1.165, 1.54) is 12.0 Å². The third-order valence-corrected chi connectivity index (χ3v) is 15.2. The van der Waals surface area contributed by atoms with Crippen LogP contribution in [0.3, 0.4) is 0 Å². The maximum Gasteiger partial charge on any atom is 0.329 e. The van der Waals surface area contributed by atoms with Crippen molar-refractivity contribution in [2.75, 3.05) is 27.9 Å². The summed E-state index contributed by atoms with van der Waals surface area (Å²) in [6.45, 7) is 12.8. The lowest BCUT2D eigenvalue weighted by atomic mass is 9.77. The number of methoxy groups -OCH3 is 3. The predicted octanol–water partition coefficient (Wildman–Crippen LogP) is 6.05. The highest BCUT2D eigenvalue weighted by Crippen LogP contribution is 2.39. The summed E-state index contributed by atoms with van der Waals surface area (Å²) in [6, 6.07) is -1.20. The Morgan fingerprint density at radius 3 is 2.33 bits per heavy atom. The molecule has 1 aliphatic carbocycles. The number of hydrogen-bond donors (Lipinski definition) is 2. The second kappa shape index (κ2) is 25.7. The molecule has 15 atom stereocenters. The molecule has 2 saturated heterocycles. The van der Waals surface area contributed by atoms with Gasteiger partial charge >= 0.3 is 5.97 Å². The molecule has 4 heterocycles. The Hall–Kier alpha value is -4.26. The van der Waals surface area contributed by atoms with Gasteiger partial charge in [0, 0.05) is 58.5 Å². The first-order valence-electron chi connectivity index (χ1n) is 25.0. The van der Waals surface area contributed by atoms with Crippen LogP contribution in [-0.4, -0.2) is 141 Å². The smallest absolute Gasteiger partial charge is 0.329 e. The molecule has 5 unspecified atom stereocenters. The number of ketones is 3. The van der Waals surface area contributed by atoms with E-state index in [1.54, 1.807) is 52.1 Å². The van der Waals surface area contributed by atoms with Crippen molar-refractivity contribution < 1.29 is 57.9 Å². The van der Waals surface area contributed by atoms with Crippen molar-refractivity contribution in [2.24, 2.45) is 35.5 Å². The Morgan fingerprint density at radius 2 is 1.65 bits per heavy atom. The molecule has 5 rings (SSSR count). The largest absolute Gasteiger partial charge is 0.460 e. The molecule has 1 aromatic heterocycles. The molecule has 2 N–H and O–H groups in total. The number of nitrogens with zero attached hydrogens (tertiary/aromatic N) is 5. The predicted molar refractivity (Wildman–Crippen MR) is 256 cm³/mol. The molecule has 2 bridgehead atoms. The Bertz CT molecular complexity index is 2020. The van der Waals surface area contributed by atoms with Crippen molar-refractivity contribution in [3.63, 3.8) is 0 Å². The first-order valence-corrected chi connectivity index (χ1v) is 25.0. The maximum absolute atomic E-state index is 14.5. The number of tetrazole rings is 1. The first kappa shape index (κ1) is 55.7. The van der Waals surface area contributed by atoms with Crippen LogP contribution >= 0.6 is 0 Å². The van der Waals surface area contributed by atoms with Gasteiger partial charge in [0.25, 0.3) is 11.7 Å². The number of aliphatic hydroxyl groups is 2. The van der Waals surface area contributed by atoms with Crippen LogP contribution in [0.15, 0.2) is 53.9 Å². The average molecular weight is 966 g/mol. The Balaban J connectivity index is 1.46. The van der Waals surface area contributed by atoms with Crippen molar-refractivity contribution in [3.8, 4) is 0 Å². The highest BCUT2D eigenvalue weighted by atomic mass is 16.6. The summed E-state index contributed by atoms with van der Waals surface area (Å²) in [5.74, 6) is -7.89. The van der Waals surface area contributed by atoms with E-state index < -0.39 is 77.8 Å². The quantitative estimate of drug-likeness (QED) is 0.235. The molecule has 4 aliphatic rings. The number of allylic oxidation sites excluding steroid dienone is 6. The number of aliphatic hydroxyl groups excluding tert-OH is 1. The summed E-state index contributed by atoms with van der Waals surface area (Å²) in [5.41, 5.74) is 1.20. The summed E-state index contributed by atoms with van der Waals surface area (Å²) in [5, 5.41) is 35.2. The summed E-state index contributed by atoms with van der Waals surface area (Å²) in [6.07, 6.45) is 14.0. The number of aromatic nitrogens is 4. The number of cyclic esters (lactones) is 1. The number of rotatable bonds is 7. The van der Waals surface area contributed by atoms with E-state index >= 15 is 0 Å². The number of carbonyl (C=O) groups excluding carboxylic acids is 5. The van der Waals surface area contributed by atoms with Gasteiger partial charge in [0.15, 0.2) is 11.6 Å². The van der Waals surface area contributed by atoms with Gasteiger partial charge in [0.1, 0.15) is 24.6 Å². The van der Waals surface area contributed by atoms with Crippen LogP contribution in [0.1, 0.15) is 132 Å². The van der Waals surface area contributed by atoms with Crippen LogP contribution in [0.2, 0.25) is 0 Å². The topological polar surface area (TPSA) is 219 Å². The third kappa shape index (κ3) is 14.2. The molecule has 0 aromatic carbocycles. The van der Waals surface area contributed by atoms with Crippen LogP contribution < -0.4 is 0 Å². The molecule has 17 heteroatoms. The average Bonchev–Trinajstić information content (AvgIpc) is 3.88. The Kier molecular flexibility index (Phi) is 20.8. The molecular weight excluding hydrogens is 887 g/mol. The maximum atomic E-state index is 14.5. The molecule has 1 aromatic rings. The third-order valence-electron chi connectivity index (χ3n) is 15.2. The van der Waals surface area contributed by atoms with Crippen molar-refractivity contribution in [1.82, 2.24) is 25.1 Å². The van der Waals surface area contributed by atoms with E-state index in [4.69, 9.17) is 23.7 Å². The highest BCUT2D eigenvalue weighted by molar-refractivity contribution is 6.39. The lowest BCUT2D eigenvalue weighted by Gasteiger charge is -2.42. The first-order chi connectivity index (χ1) is 32.8. The standard InChI is InChI=1S/C52H79N5O12/c1-31-16-12-11-13-17-32(2)43(65-8)28-39-21-19-37(7)52(64,69-39)49(61)50(62)56-23-15-14-18-41(56)51(63)68-44(34(4)26-38-20-22-40(45(27-38)66-9)57-30-53-54-55-57)29-42(58)33(3)25-36(6)47(60)48(67-10)46(59)35(5)24-31/h11-13,16-17,25,30-31,34-41,43-45,47-48,60,64H,14-15,18-24,26-29H2,1-10H3/t31-,34-,35?,36?,37-,38+,39+,40?,41?,43+,44+,45-,47-,48?,52-/m1/s1. The van der Waals surface area contributed by atoms with Gasteiger partial charge in [-0.25, -0.2) is 9.48 Å². The molecule has 0 spiro atoms. The minimum Gasteiger partial charge on any atom is -0.460 e. The van der Waals surface area contributed by atoms with E-state index in [0.29, 0.717) is 56.9 Å². The summed E-state index contributed by atoms with van der Waals surface area (Å²) < 4.78 is 31.6. The molecule has 1 saturated carbocycles. The fourth-order valence-electron chi connectivity index (χ4n) is 10.8. The van der Waals surface area contributed by atoms with Gasteiger partial charge in [-0.1, -0.05) is 71.1 Å². The Labute approximate surface area is 408 Å². The molecule has 69 heavy (non-hydrogen) atoms. The molecule has 3 aliphatic heterocycles. The molecule has 17 nitrogen and oxygen atoms in total. The van der Waals surface area contributed by atoms with E-state index in [-0.39, 0.29) is 60.9 Å². The van der Waals surface area contributed by atoms with Gasteiger partial charge < -0.3 is 38.8 Å². The van der Waals surface area contributed by atoms with Gasteiger partial charge in [0.2, 0.25) is 5.79 Å². The van der Waals surface area contributed by atoms with Gasteiger partial charge in [-0.2, -0.15) is 0 Å². The minimum atomic E-state index is -2.43. The molecule has 3 fully saturated rings. The van der Waals surface area contributed by atoms with Crippen LogP contribution in [0, 0.1) is 35.5 Å². The zero-order valence-corrected chi connectivity index (χ0v) is 42.5. The number of ether oxygens (including phenoxy) is 5. The zero-order valence-electron chi connectivity index (χ0n) is 42.5. The fourth-order valence-corrected chi connectivity index (χ4v) is 10.8. The fraction of sp³-hybridized carbons (Fsp3) is 0.731. The van der Waals surface area contributed by atoms with Crippen LogP contribution in [0.5, 0.6) is 0 Å². The van der Waals surface area contributed by atoms with E-state index in [1.807, 2.05) is 58.1 Å². The summed E-state index contributed by atoms with van der Waals surface area (Å²) in [4.78, 5) is 72.3. The number of hydrogen-bond acceptors (Lipinski definition) is 15. The van der Waals surface area contributed by atoms with Gasteiger partial charge in [-0.15, -0.1) is 5.10 Å². The van der Waals surface area contributed by atoms with E-state index in [2.05, 4.69) is 15.5 Å². The normalized spacial score (nSPS) is 36.3. The van der Waals surface area contributed by atoms with Crippen molar-refractivity contribution in [3.05, 3.63) is 53.9 Å². The molecule has 384 valence electrons. The van der Waals surface area contributed by atoms with Gasteiger partial charge in [-0.3, -0.25) is 19.2 Å².